The Labute approximate surface area is 89.2 Å². The third-order valence-electron chi connectivity index (χ3n) is 2.83. The summed E-state index contributed by atoms with van der Waals surface area (Å²) in [5.74, 6) is 0.718. The molecule has 2 rings (SSSR count). The predicted molar refractivity (Wildman–Crippen MR) is 57.6 cm³/mol. The topological polar surface area (TPSA) is 35.2 Å². The first-order chi connectivity index (χ1) is 7.18. The van der Waals surface area contributed by atoms with Crippen LogP contribution in [0.15, 0.2) is 30.3 Å². The second-order valence-electron chi connectivity index (χ2n) is 4.26. The zero-order valence-corrected chi connectivity index (χ0v) is 8.66. The third-order valence-corrected chi connectivity index (χ3v) is 2.83. The molecule has 1 fully saturated rings. The van der Waals surface area contributed by atoms with E-state index in [4.69, 9.17) is 10.5 Å². The summed E-state index contributed by atoms with van der Waals surface area (Å²) in [6, 6.07) is 9.32. The highest BCUT2D eigenvalue weighted by Gasteiger charge is 2.38. The summed E-state index contributed by atoms with van der Waals surface area (Å²) in [5, 5.41) is 0. The van der Waals surface area contributed by atoms with E-state index >= 15 is 0 Å². The lowest BCUT2D eigenvalue weighted by Crippen LogP contribution is -2.30. The number of alkyl halides is 1. The molecule has 0 bridgehead atoms. The van der Waals surface area contributed by atoms with E-state index < -0.39 is 5.67 Å². The summed E-state index contributed by atoms with van der Waals surface area (Å²) in [6.07, 6.45) is 1.69. The second-order valence-corrected chi connectivity index (χ2v) is 4.26. The van der Waals surface area contributed by atoms with Crippen molar-refractivity contribution in [1.82, 2.24) is 0 Å². The average molecular weight is 209 g/mol. The summed E-state index contributed by atoms with van der Waals surface area (Å²) in [4.78, 5) is 0. The van der Waals surface area contributed by atoms with Gasteiger partial charge in [-0.1, -0.05) is 18.2 Å². The Balaban J connectivity index is 1.88. The van der Waals surface area contributed by atoms with E-state index in [-0.39, 0.29) is 12.6 Å². The molecule has 2 nitrogen and oxygen atoms in total. The molecule has 1 aromatic rings. The van der Waals surface area contributed by atoms with Crippen molar-refractivity contribution in [3.05, 3.63) is 30.3 Å². The van der Waals surface area contributed by atoms with Crippen LogP contribution in [-0.2, 0) is 0 Å². The van der Waals surface area contributed by atoms with Crippen LogP contribution in [0, 0.1) is 0 Å². The molecule has 1 aliphatic carbocycles. The Morgan fingerprint density at radius 2 is 2.13 bits per heavy atom. The summed E-state index contributed by atoms with van der Waals surface area (Å²) in [6.45, 7) is 0.116. The molecule has 1 saturated carbocycles. The van der Waals surface area contributed by atoms with Gasteiger partial charge in [0.15, 0.2) is 0 Å². The van der Waals surface area contributed by atoms with Gasteiger partial charge in [-0.05, 0) is 31.4 Å². The Hall–Kier alpha value is -1.09. The van der Waals surface area contributed by atoms with Gasteiger partial charge < -0.3 is 10.5 Å². The minimum absolute atomic E-state index is 0.00521. The van der Waals surface area contributed by atoms with Crippen LogP contribution >= 0.6 is 0 Å². The molecule has 1 aliphatic rings. The van der Waals surface area contributed by atoms with Gasteiger partial charge in [0, 0.05) is 6.04 Å². The van der Waals surface area contributed by atoms with Gasteiger partial charge >= 0.3 is 0 Å². The van der Waals surface area contributed by atoms with Crippen LogP contribution in [0.3, 0.4) is 0 Å². The number of hydrogen-bond acceptors (Lipinski definition) is 2. The number of rotatable bonds is 3. The van der Waals surface area contributed by atoms with Crippen molar-refractivity contribution in [3.8, 4) is 5.75 Å². The monoisotopic (exact) mass is 209 g/mol. The van der Waals surface area contributed by atoms with Crippen LogP contribution in [0.25, 0.3) is 0 Å². The quantitative estimate of drug-likeness (QED) is 0.829. The van der Waals surface area contributed by atoms with E-state index in [2.05, 4.69) is 0 Å². The van der Waals surface area contributed by atoms with Gasteiger partial charge in [0.2, 0.25) is 0 Å². The normalized spacial score (nSPS) is 30.4. The first-order valence-corrected chi connectivity index (χ1v) is 5.30. The molecule has 2 atom stereocenters. The molecule has 0 radical (unpaired) electrons. The minimum Gasteiger partial charge on any atom is -0.490 e. The van der Waals surface area contributed by atoms with Crippen molar-refractivity contribution in [2.75, 3.05) is 6.61 Å². The molecule has 0 heterocycles. The smallest absolute Gasteiger partial charge is 0.146 e. The van der Waals surface area contributed by atoms with Gasteiger partial charge in [-0.2, -0.15) is 0 Å². The van der Waals surface area contributed by atoms with Crippen molar-refractivity contribution in [2.45, 2.75) is 31.0 Å². The van der Waals surface area contributed by atoms with E-state index in [9.17, 15) is 4.39 Å². The van der Waals surface area contributed by atoms with Crippen LogP contribution in [0.5, 0.6) is 5.75 Å². The number of halogens is 1. The average Bonchev–Trinajstić information content (AvgIpc) is 2.58. The van der Waals surface area contributed by atoms with Gasteiger partial charge in [-0.25, -0.2) is 4.39 Å². The fourth-order valence-corrected chi connectivity index (χ4v) is 1.98. The van der Waals surface area contributed by atoms with Crippen molar-refractivity contribution in [2.24, 2.45) is 5.73 Å². The zero-order valence-electron chi connectivity index (χ0n) is 8.66. The van der Waals surface area contributed by atoms with E-state index in [1.54, 1.807) is 0 Å². The molecular weight excluding hydrogens is 193 g/mol. The highest BCUT2D eigenvalue weighted by Crippen LogP contribution is 2.33. The Kier molecular flexibility index (Phi) is 2.91. The lowest BCUT2D eigenvalue weighted by Gasteiger charge is -2.19. The zero-order chi connectivity index (χ0) is 10.7. The molecule has 3 heteroatoms. The van der Waals surface area contributed by atoms with Gasteiger partial charge in [0.05, 0.1) is 0 Å². The van der Waals surface area contributed by atoms with Crippen molar-refractivity contribution < 1.29 is 9.13 Å². The largest absolute Gasteiger partial charge is 0.490 e. The molecule has 0 saturated heterocycles. The lowest BCUT2D eigenvalue weighted by atomic mass is 10.1. The number of ether oxygens (including phenoxy) is 1. The fourth-order valence-electron chi connectivity index (χ4n) is 1.98. The van der Waals surface area contributed by atoms with E-state index in [0.29, 0.717) is 12.8 Å². The van der Waals surface area contributed by atoms with E-state index in [1.807, 2.05) is 30.3 Å². The van der Waals surface area contributed by atoms with E-state index in [1.165, 1.54) is 0 Å². The molecule has 0 aromatic heterocycles. The van der Waals surface area contributed by atoms with Crippen LogP contribution in [0.2, 0.25) is 0 Å². The Bertz CT molecular complexity index is 317. The standard InChI is InChI=1S/C12H16FNO/c13-12(7-6-10(14)8-12)9-15-11-4-2-1-3-5-11/h1-5,10H,6-9,14H2. The maximum atomic E-state index is 14.0. The number of nitrogens with two attached hydrogens (primary N) is 1. The summed E-state index contributed by atoms with van der Waals surface area (Å²) >= 11 is 0. The van der Waals surface area contributed by atoms with Gasteiger partial charge in [0.25, 0.3) is 0 Å². The number of benzene rings is 1. The second kappa shape index (κ2) is 4.19. The minimum atomic E-state index is -1.23. The number of para-hydroxylation sites is 1. The fraction of sp³-hybridized carbons (Fsp3) is 0.500. The maximum Gasteiger partial charge on any atom is 0.146 e. The number of hydrogen-bond donors (Lipinski definition) is 1. The van der Waals surface area contributed by atoms with Gasteiger partial charge in [-0.15, -0.1) is 0 Å². The van der Waals surface area contributed by atoms with Gasteiger partial charge in [-0.3, -0.25) is 0 Å². The molecule has 15 heavy (non-hydrogen) atoms. The molecule has 0 spiro atoms. The molecule has 2 N–H and O–H groups in total. The highest BCUT2D eigenvalue weighted by molar-refractivity contribution is 5.21. The van der Waals surface area contributed by atoms with Crippen molar-refractivity contribution in [1.29, 1.82) is 0 Å². The molecule has 0 aliphatic heterocycles. The van der Waals surface area contributed by atoms with Crippen LogP contribution in [0.1, 0.15) is 19.3 Å². The first-order valence-electron chi connectivity index (χ1n) is 5.30. The van der Waals surface area contributed by atoms with Crippen LogP contribution in [0.4, 0.5) is 4.39 Å². The molecular formula is C12H16FNO. The Morgan fingerprint density at radius 3 is 2.73 bits per heavy atom. The van der Waals surface area contributed by atoms with Crippen LogP contribution in [-0.4, -0.2) is 18.3 Å². The molecule has 1 aromatic carbocycles. The molecule has 0 amide bonds. The predicted octanol–water partition coefficient (Wildman–Crippen LogP) is 2.28. The van der Waals surface area contributed by atoms with Gasteiger partial charge in [0.1, 0.15) is 18.0 Å². The Morgan fingerprint density at radius 1 is 1.40 bits per heavy atom. The van der Waals surface area contributed by atoms with Crippen LogP contribution < -0.4 is 10.5 Å². The summed E-state index contributed by atoms with van der Waals surface area (Å²) < 4.78 is 19.5. The highest BCUT2D eigenvalue weighted by atomic mass is 19.1. The molecule has 82 valence electrons. The SMILES string of the molecule is NC1CCC(F)(COc2ccccc2)C1. The van der Waals surface area contributed by atoms with E-state index in [0.717, 1.165) is 12.2 Å². The lowest BCUT2D eigenvalue weighted by molar-refractivity contribution is 0.0898. The molecule has 2 unspecified atom stereocenters. The maximum absolute atomic E-state index is 14.0. The summed E-state index contributed by atoms with van der Waals surface area (Å²) in [5.41, 5.74) is 4.46. The summed E-state index contributed by atoms with van der Waals surface area (Å²) in [7, 11) is 0. The van der Waals surface area contributed by atoms with Crippen molar-refractivity contribution >= 4 is 0 Å². The first kappa shape index (κ1) is 10.4. The van der Waals surface area contributed by atoms with Crippen molar-refractivity contribution in [3.63, 3.8) is 0 Å². The third kappa shape index (κ3) is 2.69.